The van der Waals surface area contributed by atoms with Crippen LogP contribution in [0.2, 0.25) is 0 Å². The Kier molecular flexibility index (Phi) is 8.22. The highest BCUT2D eigenvalue weighted by Crippen LogP contribution is 2.46. The summed E-state index contributed by atoms with van der Waals surface area (Å²) >= 11 is 0. The SMILES string of the molecule is CCNC(=NCc1cccc(OC)c1)NCC1CC1c1ccccc1.I. The second kappa shape index (κ2) is 10.4. The van der Waals surface area contributed by atoms with Gasteiger partial charge in [-0.2, -0.15) is 0 Å². The van der Waals surface area contributed by atoms with Gasteiger partial charge in [0.05, 0.1) is 13.7 Å². The molecule has 140 valence electrons. The summed E-state index contributed by atoms with van der Waals surface area (Å²) in [6.45, 7) is 4.55. The first-order valence-electron chi connectivity index (χ1n) is 9.00. The number of aliphatic imine (C=N–C) groups is 1. The molecule has 5 heteroatoms. The fourth-order valence-electron chi connectivity index (χ4n) is 3.09. The van der Waals surface area contributed by atoms with Gasteiger partial charge in [0.25, 0.3) is 0 Å². The number of benzene rings is 2. The van der Waals surface area contributed by atoms with E-state index in [2.05, 4.69) is 54.0 Å². The number of ether oxygens (including phenoxy) is 1. The highest BCUT2D eigenvalue weighted by molar-refractivity contribution is 14.0. The zero-order chi connectivity index (χ0) is 17.5. The van der Waals surface area contributed by atoms with Gasteiger partial charge in [0.2, 0.25) is 0 Å². The predicted octanol–water partition coefficient (Wildman–Crippen LogP) is 4.17. The zero-order valence-electron chi connectivity index (χ0n) is 15.4. The van der Waals surface area contributed by atoms with Crippen LogP contribution in [-0.4, -0.2) is 26.2 Å². The Labute approximate surface area is 173 Å². The van der Waals surface area contributed by atoms with Gasteiger partial charge < -0.3 is 15.4 Å². The van der Waals surface area contributed by atoms with Crippen LogP contribution in [0.3, 0.4) is 0 Å². The zero-order valence-corrected chi connectivity index (χ0v) is 17.8. The molecule has 0 bridgehead atoms. The van der Waals surface area contributed by atoms with Crippen LogP contribution in [0.4, 0.5) is 0 Å². The molecule has 0 aliphatic heterocycles. The fourth-order valence-corrected chi connectivity index (χ4v) is 3.09. The summed E-state index contributed by atoms with van der Waals surface area (Å²) in [5, 5.41) is 6.82. The summed E-state index contributed by atoms with van der Waals surface area (Å²) in [6.07, 6.45) is 1.26. The first-order valence-corrected chi connectivity index (χ1v) is 9.00. The van der Waals surface area contributed by atoms with Crippen molar-refractivity contribution in [3.05, 3.63) is 65.7 Å². The van der Waals surface area contributed by atoms with Crippen LogP contribution >= 0.6 is 24.0 Å². The average Bonchev–Trinajstić information content (AvgIpc) is 3.44. The van der Waals surface area contributed by atoms with Crippen molar-refractivity contribution in [1.29, 1.82) is 0 Å². The smallest absolute Gasteiger partial charge is 0.191 e. The number of rotatable bonds is 7. The summed E-state index contributed by atoms with van der Waals surface area (Å²) in [4.78, 5) is 4.70. The number of guanidine groups is 1. The molecule has 3 rings (SSSR count). The van der Waals surface area contributed by atoms with Gasteiger partial charge in [0, 0.05) is 13.1 Å². The second-order valence-corrected chi connectivity index (χ2v) is 6.44. The number of nitrogens with zero attached hydrogens (tertiary/aromatic N) is 1. The van der Waals surface area contributed by atoms with Gasteiger partial charge in [-0.25, -0.2) is 4.99 Å². The number of hydrogen-bond donors (Lipinski definition) is 2. The molecule has 2 aromatic rings. The van der Waals surface area contributed by atoms with E-state index in [9.17, 15) is 0 Å². The Morgan fingerprint density at radius 3 is 2.65 bits per heavy atom. The summed E-state index contributed by atoms with van der Waals surface area (Å²) in [5.41, 5.74) is 2.60. The maximum Gasteiger partial charge on any atom is 0.191 e. The second-order valence-electron chi connectivity index (χ2n) is 6.44. The lowest BCUT2D eigenvalue weighted by atomic mass is 10.1. The largest absolute Gasteiger partial charge is 0.497 e. The summed E-state index contributed by atoms with van der Waals surface area (Å²) in [5.74, 6) is 3.14. The number of nitrogens with one attached hydrogen (secondary N) is 2. The Hall–Kier alpha value is -1.76. The van der Waals surface area contributed by atoms with E-state index in [0.717, 1.165) is 30.4 Å². The molecule has 0 radical (unpaired) electrons. The fraction of sp³-hybridized carbons (Fsp3) is 0.381. The van der Waals surface area contributed by atoms with Crippen LogP contribution < -0.4 is 15.4 Å². The van der Waals surface area contributed by atoms with Crippen LogP contribution in [0.25, 0.3) is 0 Å². The molecule has 2 atom stereocenters. The lowest BCUT2D eigenvalue weighted by Crippen LogP contribution is -2.38. The van der Waals surface area contributed by atoms with Gasteiger partial charge in [-0.3, -0.25) is 0 Å². The van der Waals surface area contributed by atoms with Gasteiger partial charge in [-0.15, -0.1) is 24.0 Å². The molecule has 0 saturated heterocycles. The molecule has 0 aromatic heterocycles. The molecule has 0 amide bonds. The standard InChI is InChI=1S/C21H27N3O.HI/c1-3-22-21(23-14-16-8-7-11-19(12-16)25-2)24-15-18-13-20(18)17-9-5-4-6-10-17;/h4-12,18,20H,3,13-15H2,1-2H3,(H2,22,23,24);1H. The van der Waals surface area contributed by atoms with E-state index in [-0.39, 0.29) is 24.0 Å². The molecule has 2 aromatic carbocycles. The minimum absolute atomic E-state index is 0. The van der Waals surface area contributed by atoms with Crippen LogP contribution in [0.15, 0.2) is 59.6 Å². The topological polar surface area (TPSA) is 45.7 Å². The van der Waals surface area contributed by atoms with Crippen molar-refractivity contribution in [3.8, 4) is 5.75 Å². The highest BCUT2D eigenvalue weighted by atomic mass is 127. The third-order valence-electron chi connectivity index (χ3n) is 4.58. The number of halogens is 1. The first kappa shape index (κ1) is 20.6. The van der Waals surface area contributed by atoms with Crippen molar-refractivity contribution in [1.82, 2.24) is 10.6 Å². The molecule has 0 spiro atoms. The minimum atomic E-state index is 0. The van der Waals surface area contributed by atoms with Crippen LogP contribution in [0, 0.1) is 5.92 Å². The highest BCUT2D eigenvalue weighted by Gasteiger charge is 2.37. The minimum Gasteiger partial charge on any atom is -0.497 e. The maximum absolute atomic E-state index is 5.27. The van der Waals surface area contributed by atoms with Crippen LogP contribution in [-0.2, 0) is 6.54 Å². The number of hydrogen-bond acceptors (Lipinski definition) is 2. The van der Waals surface area contributed by atoms with E-state index in [0.29, 0.717) is 18.4 Å². The monoisotopic (exact) mass is 465 g/mol. The molecule has 1 saturated carbocycles. The molecule has 2 unspecified atom stereocenters. The summed E-state index contributed by atoms with van der Waals surface area (Å²) in [6, 6.07) is 18.8. The maximum atomic E-state index is 5.27. The molecule has 26 heavy (non-hydrogen) atoms. The van der Waals surface area contributed by atoms with E-state index in [4.69, 9.17) is 9.73 Å². The van der Waals surface area contributed by atoms with E-state index in [1.807, 2.05) is 18.2 Å². The average molecular weight is 465 g/mol. The predicted molar refractivity (Wildman–Crippen MR) is 119 cm³/mol. The molecule has 1 fully saturated rings. The van der Waals surface area contributed by atoms with E-state index >= 15 is 0 Å². The van der Waals surface area contributed by atoms with Crippen molar-refractivity contribution in [2.45, 2.75) is 25.8 Å². The van der Waals surface area contributed by atoms with E-state index in [1.54, 1.807) is 7.11 Å². The number of methoxy groups -OCH3 is 1. The Morgan fingerprint density at radius 1 is 1.12 bits per heavy atom. The molecule has 1 aliphatic carbocycles. The lowest BCUT2D eigenvalue weighted by Gasteiger charge is -2.11. The summed E-state index contributed by atoms with van der Waals surface area (Å²) in [7, 11) is 1.69. The molecule has 2 N–H and O–H groups in total. The Morgan fingerprint density at radius 2 is 1.92 bits per heavy atom. The van der Waals surface area contributed by atoms with E-state index < -0.39 is 0 Å². The van der Waals surface area contributed by atoms with Gasteiger partial charge in [0.15, 0.2) is 5.96 Å². The molecular formula is C21H28IN3O. The van der Waals surface area contributed by atoms with Gasteiger partial charge in [-0.05, 0) is 48.4 Å². The lowest BCUT2D eigenvalue weighted by molar-refractivity contribution is 0.414. The van der Waals surface area contributed by atoms with Crippen molar-refractivity contribution >= 4 is 29.9 Å². The first-order chi connectivity index (χ1) is 12.3. The van der Waals surface area contributed by atoms with Crippen LogP contribution in [0.5, 0.6) is 5.75 Å². The quantitative estimate of drug-likeness (QED) is 0.367. The Balaban J connectivity index is 0.00000243. The molecule has 0 heterocycles. The van der Waals surface area contributed by atoms with Crippen molar-refractivity contribution < 1.29 is 4.74 Å². The normalized spacial score (nSPS) is 18.6. The van der Waals surface area contributed by atoms with E-state index in [1.165, 1.54) is 12.0 Å². The van der Waals surface area contributed by atoms with Gasteiger partial charge >= 0.3 is 0 Å². The van der Waals surface area contributed by atoms with Crippen LogP contribution in [0.1, 0.15) is 30.4 Å². The summed E-state index contributed by atoms with van der Waals surface area (Å²) < 4.78 is 5.27. The van der Waals surface area contributed by atoms with Crippen molar-refractivity contribution in [2.75, 3.05) is 20.2 Å². The molecule has 4 nitrogen and oxygen atoms in total. The van der Waals surface area contributed by atoms with Crippen molar-refractivity contribution in [2.24, 2.45) is 10.9 Å². The third kappa shape index (κ3) is 5.90. The van der Waals surface area contributed by atoms with Crippen molar-refractivity contribution in [3.63, 3.8) is 0 Å². The van der Waals surface area contributed by atoms with Gasteiger partial charge in [-0.1, -0.05) is 42.5 Å². The molecule has 1 aliphatic rings. The van der Waals surface area contributed by atoms with Gasteiger partial charge in [0.1, 0.15) is 5.75 Å². The Bertz CT molecular complexity index is 705. The third-order valence-corrected chi connectivity index (χ3v) is 4.58. The molecular weight excluding hydrogens is 437 g/mol.